The predicted octanol–water partition coefficient (Wildman–Crippen LogP) is 4.03. The molecular formula is C15H20ClNO2. The van der Waals surface area contributed by atoms with E-state index in [4.69, 9.17) is 11.6 Å². The summed E-state index contributed by atoms with van der Waals surface area (Å²) in [4.78, 5) is 11.8. The third-order valence-corrected chi connectivity index (χ3v) is 4.45. The average Bonchev–Trinajstić information content (AvgIpc) is 2.36. The lowest BCUT2D eigenvalue weighted by molar-refractivity contribution is -0.146. The molecule has 0 aliphatic heterocycles. The lowest BCUT2D eigenvalue weighted by Crippen LogP contribution is -2.54. The molecule has 0 saturated heterocycles. The number of carboxylic acids is 1. The maximum absolute atomic E-state index is 11.8. The molecule has 4 heteroatoms. The Morgan fingerprint density at radius 1 is 1.32 bits per heavy atom. The second-order valence-electron chi connectivity index (χ2n) is 5.70. The Hall–Kier alpha value is -1.22. The van der Waals surface area contributed by atoms with Gasteiger partial charge in [-0.2, -0.15) is 0 Å². The quantitative estimate of drug-likeness (QED) is 0.879. The van der Waals surface area contributed by atoms with Crippen LogP contribution in [0.3, 0.4) is 0 Å². The molecule has 0 amide bonds. The number of halogens is 1. The normalized spacial score (nSPS) is 30.9. The third kappa shape index (κ3) is 2.86. The molecule has 0 spiro atoms. The molecule has 1 aromatic rings. The summed E-state index contributed by atoms with van der Waals surface area (Å²) in [7, 11) is 0. The lowest BCUT2D eigenvalue weighted by Gasteiger charge is -2.42. The SMILES string of the molecule is CC1CCC(C)C(Nc2ccc(Cl)cc2)(C(=O)O)C1. The number of rotatable bonds is 3. The molecule has 1 aliphatic rings. The van der Waals surface area contributed by atoms with Gasteiger partial charge < -0.3 is 10.4 Å². The zero-order chi connectivity index (χ0) is 14.0. The van der Waals surface area contributed by atoms with Gasteiger partial charge in [-0.25, -0.2) is 4.79 Å². The molecule has 1 aromatic carbocycles. The van der Waals surface area contributed by atoms with E-state index >= 15 is 0 Å². The number of aliphatic carboxylic acids is 1. The van der Waals surface area contributed by atoms with Gasteiger partial charge >= 0.3 is 5.97 Å². The molecule has 3 unspecified atom stereocenters. The first-order chi connectivity index (χ1) is 8.94. The fraction of sp³-hybridized carbons (Fsp3) is 0.533. The number of carboxylic acid groups (broad SMARTS) is 1. The molecule has 2 rings (SSSR count). The number of hydrogen-bond acceptors (Lipinski definition) is 2. The minimum atomic E-state index is -0.870. The maximum atomic E-state index is 11.8. The summed E-state index contributed by atoms with van der Waals surface area (Å²) < 4.78 is 0. The number of carbonyl (C=O) groups is 1. The molecule has 0 radical (unpaired) electrons. The fourth-order valence-electron chi connectivity index (χ4n) is 2.95. The molecule has 0 bridgehead atoms. The van der Waals surface area contributed by atoms with Crippen LogP contribution in [0.25, 0.3) is 0 Å². The van der Waals surface area contributed by atoms with E-state index in [0.717, 1.165) is 18.5 Å². The Morgan fingerprint density at radius 3 is 2.53 bits per heavy atom. The number of anilines is 1. The molecule has 0 aromatic heterocycles. The summed E-state index contributed by atoms with van der Waals surface area (Å²) in [5, 5.41) is 13.6. The van der Waals surface area contributed by atoms with Crippen LogP contribution in [0.15, 0.2) is 24.3 Å². The number of benzene rings is 1. The van der Waals surface area contributed by atoms with Crippen LogP contribution in [0.5, 0.6) is 0 Å². The smallest absolute Gasteiger partial charge is 0.329 e. The highest BCUT2D eigenvalue weighted by Crippen LogP contribution is 2.39. The van der Waals surface area contributed by atoms with Gasteiger partial charge in [0.2, 0.25) is 0 Å². The van der Waals surface area contributed by atoms with Gasteiger partial charge in [-0.05, 0) is 48.9 Å². The van der Waals surface area contributed by atoms with Gasteiger partial charge in [-0.1, -0.05) is 31.9 Å². The summed E-state index contributed by atoms with van der Waals surface area (Å²) in [5.41, 5.74) is -0.0568. The predicted molar refractivity (Wildman–Crippen MR) is 77.6 cm³/mol. The van der Waals surface area contributed by atoms with Crippen molar-refractivity contribution in [1.82, 2.24) is 0 Å². The Morgan fingerprint density at radius 2 is 1.95 bits per heavy atom. The molecule has 104 valence electrons. The molecule has 1 fully saturated rings. The van der Waals surface area contributed by atoms with Gasteiger partial charge in [-0.15, -0.1) is 0 Å². The van der Waals surface area contributed by atoms with Crippen molar-refractivity contribution in [3.63, 3.8) is 0 Å². The molecule has 1 saturated carbocycles. The Kier molecular flexibility index (Phi) is 4.04. The van der Waals surface area contributed by atoms with Gasteiger partial charge in [0.15, 0.2) is 0 Å². The first-order valence-corrected chi connectivity index (χ1v) is 7.09. The van der Waals surface area contributed by atoms with Crippen LogP contribution >= 0.6 is 11.6 Å². The van der Waals surface area contributed by atoms with E-state index in [1.165, 1.54) is 0 Å². The maximum Gasteiger partial charge on any atom is 0.329 e. The monoisotopic (exact) mass is 281 g/mol. The van der Waals surface area contributed by atoms with E-state index < -0.39 is 11.5 Å². The first kappa shape index (κ1) is 14.2. The van der Waals surface area contributed by atoms with E-state index in [2.05, 4.69) is 12.2 Å². The topological polar surface area (TPSA) is 49.3 Å². The second-order valence-corrected chi connectivity index (χ2v) is 6.13. The van der Waals surface area contributed by atoms with Gasteiger partial charge in [0, 0.05) is 10.7 Å². The van der Waals surface area contributed by atoms with Crippen molar-refractivity contribution in [1.29, 1.82) is 0 Å². The van der Waals surface area contributed by atoms with Crippen LogP contribution < -0.4 is 5.32 Å². The minimum Gasteiger partial charge on any atom is -0.479 e. The van der Waals surface area contributed by atoms with Crippen molar-refractivity contribution in [3.05, 3.63) is 29.3 Å². The lowest BCUT2D eigenvalue weighted by atomic mass is 9.69. The van der Waals surface area contributed by atoms with Crippen LogP contribution in [0.4, 0.5) is 5.69 Å². The zero-order valence-corrected chi connectivity index (χ0v) is 12.1. The summed E-state index contributed by atoms with van der Waals surface area (Å²) in [6, 6.07) is 7.21. The molecular weight excluding hydrogens is 262 g/mol. The number of nitrogens with one attached hydrogen (secondary N) is 1. The first-order valence-electron chi connectivity index (χ1n) is 6.71. The van der Waals surface area contributed by atoms with E-state index in [1.54, 1.807) is 12.1 Å². The zero-order valence-electron chi connectivity index (χ0n) is 11.3. The van der Waals surface area contributed by atoms with Crippen molar-refractivity contribution in [2.75, 3.05) is 5.32 Å². The van der Waals surface area contributed by atoms with Crippen molar-refractivity contribution < 1.29 is 9.90 Å². The van der Waals surface area contributed by atoms with Gasteiger partial charge in [0.1, 0.15) is 5.54 Å². The van der Waals surface area contributed by atoms with Crippen LogP contribution in [-0.4, -0.2) is 16.6 Å². The van der Waals surface area contributed by atoms with Crippen molar-refractivity contribution in [3.8, 4) is 0 Å². The Balaban J connectivity index is 2.28. The van der Waals surface area contributed by atoms with Gasteiger partial charge in [0.25, 0.3) is 0 Å². The molecule has 3 atom stereocenters. The molecule has 0 heterocycles. The highest BCUT2D eigenvalue weighted by Gasteiger charge is 2.47. The summed E-state index contributed by atoms with van der Waals surface area (Å²) in [6.45, 7) is 4.13. The highest BCUT2D eigenvalue weighted by atomic mass is 35.5. The Labute approximate surface area is 119 Å². The van der Waals surface area contributed by atoms with E-state index in [-0.39, 0.29) is 5.92 Å². The van der Waals surface area contributed by atoms with Gasteiger partial charge in [-0.3, -0.25) is 0 Å². The van der Waals surface area contributed by atoms with E-state index in [0.29, 0.717) is 17.4 Å². The summed E-state index contributed by atoms with van der Waals surface area (Å²) in [6.07, 6.45) is 2.69. The Bertz CT molecular complexity index is 460. The highest BCUT2D eigenvalue weighted by molar-refractivity contribution is 6.30. The van der Waals surface area contributed by atoms with Crippen LogP contribution in [0, 0.1) is 11.8 Å². The van der Waals surface area contributed by atoms with Gasteiger partial charge in [0.05, 0.1) is 0 Å². The molecule has 19 heavy (non-hydrogen) atoms. The summed E-state index contributed by atoms with van der Waals surface area (Å²) >= 11 is 5.86. The largest absolute Gasteiger partial charge is 0.479 e. The van der Waals surface area contributed by atoms with E-state index in [1.807, 2.05) is 19.1 Å². The fourth-order valence-corrected chi connectivity index (χ4v) is 3.08. The molecule has 1 aliphatic carbocycles. The molecule has 2 N–H and O–H groups in total. The minimum absolute atomic E-state index is 0.108. The third-order valence-electron chi connectivity index (χ3n) is 4.20. The van der Waals surface area contributed by atoms with Crippen molar-refractivity contribution in [2.45, 2.75) is 38.6 Å². The molecule has 3 nitrogen and oxygen atoms in total. The second kappa shape index (κ2) is 5.41. The van der Waals surface area contributed by atoms with Crippen LogP contribution in [0.2, 0.25) is 5.02 Å². The van der Waals surface area contributed by atoms with Crippen LogP contribution in [-0.2, 0) is 4.79 Å². The number of hydrogen-bond donors (Lipinski definition) is 2. The van der Waals surface area contributed by atoms with Crippen molar-refractivity contribution in [2.24, 2.45) is 11.8 Å². The van der Waals surface area contributed by atoms with Crippen LogP contribution in [0.1, 0.15) is 33.1 Å². The summed E-state index contributed by atoms with van der Waals surface area (Å²) in [5.74, 6) is -0.231. The standard InChI is InChI=1S/C15H20ClNO2/c1-10-3-4-11(2)15(9-10,14(18)19)17-13-7-5-12(16)6-8-13/h5-8,10-11,17H,3-4,9H2,1-2H3,(H,18,19). The van der Waals surface area contributed by atoms with E-state index in [9.17, 15) is 9.90 Å². The van der Waals surface area contributed by atoms with Crippen molar-refractivity contribution >= 4 is 23.3 Å². The average molecular weight is 282 g/mol.